The third-order valence-corrected chi connectivity index (χ3v) is 3.86. The molecule has 0 aliphatic carbocycles. The lowest BCUT2D eigenvalue weighted by molar-refractivity contribution is -0.176. The first-order chi connectivity index (χ1) is 8.96. The van der Waals surface area contributed by atoms with Gasteiger partial charge in [0.2, 0.25) is 0 Å². The van der Waals surface area contributed by atoms with Gasteiger partial charge in [0.15, 0.2) is 0 Å². The Hall–Kier alpha value is -1.32. The average molecular weight is 280 g/mol. The molecule has 4 heteroatoms. The highest BCUT2D eigenvalue weighted by Crippen LogP contribution is 2.37. The predicted octanol–water partition coefficient (Wildman–Crippen LogP) is 3.58. The van der Waals surface area contributed by atoms with Crippen molar-refractivity contribution in [1.82, 2.24) is 5.06 Å². The molecule has 3 nitrogen and oxygen atoms in total. The Balaban J connectivity index is 2.17. The van der Waals surface area contributed by atoms with E-state index in [1.54, 1.807) is 6.08 Å². The number of rotatable bonds is 4. The number of carbonyl (C=O) groups excluding carboxylic acids is 1. The Morgan fingerprint density at radius 3 is 2.79 bits per heavy atom. The van der Waals surface area contributed by atoms with Crippen LogP contribution in [-0.4, -0.2) is 17.1 Å². The minimum atomic E-state index is -0.532. The van der Waals surface area contributed by atoms with Crippen LogP contribution in [0, 0.1) is 5.41 Å². The lowest BCUT2D eigenvalue weighted by Gasteiger charge is -2.18. The van der Waals surface area contributed by atoms with Crippen LogP contribution in [0.3, 0.4) is 0 Å². The fourth-order valence-corrected chi connectivity index (χ4v) is 2.37. The molecule has 2 rings (SSSR count). The van der Waals surface area contributed by atoms with E-state index in [4.69, 9.17) is 16.4 Å². The van der Waals surface area contributed by atoms with Crippen molar-refractivity contribution in [1.29, 1.82) is 0 Å². The zero-order chi connectivity index (χ0) is 14.0. The maximum Gasteiger partial charge on any atom is 0.254 e. The first kappa shape index (κ1) is 14.1. The van der Waals surface area contributed by atoms with Gasteiger partial charge < -0.3 is 0 Å². The topological polar surface area (TPSA) is 29.5 Å². The van der Waals surface area contributed by atoms with Crippen molar-refractivity contribution in [3.63, 3.8) is 0 Å². The number of nitrogens with zero attached hydrogens (tertiary/aromatic N) is 1. The van der Waals surface area contributed by atoms with Crippen LogP contribution in [0.2, 0.25) is 5.02 Å². The van der Waals surface area contributed by atoms with E-state index in [0.717, 1.165) is 5.56 Å². The van der Waals surface area contributed by atoms with E-state index < -0.39 is 5.41 Å². The summed E-state index contributed by atoms with van der Waals surface area (Å²) in [6.45, 7) is 7.88. The Morgan fingerprint density at radius 1 is 1.47 bits per heavy atom. The van der Waals surface area contributed by atoms with Gasteiger partial charge in [-0.05, 0) is 31.9 Å². The maximum absolute atomic E-state index is 12.4. The van der Waals surface area contributed by atoms with E-state index in [1.165, 1.54) is 5.06 Å². The van der Waals surface area contributed by atoms with Crippen molar-refractivity contribution < 1.29 is 9.63 Å². The van der Waals surface area contributed by atoms with E-state index in [2.05, 4.69) is 6.58 Å². The van der Waals surface area contributed by atoms with Crippen LogP contribution < -0.4 is 0 Å². The van der Waals surface area contributed by atoms with Gasteiger partial charge in [-0.1, -0.05) is 35.9 Å². The zero-order valence-electron chi connectivity index (χ0n) is 11.2. The molecule has 1 aliphatic heterocycles. The summed E-state index contributed by atoms with van der Waals surface area (Å²) in [5, 5.41) is 2.05. The SMILES string of the molecule is C=CCC1ON(Cc2ccccc2Cl)C(=O)C1(C)C. The minimum absolute atomic E-state index is 0.0146. The summed E-state index contributed by atoms with van der Waals surface area (Å²) in [6.07, 6.45) is 2.26. The molecule has 1 unspecified atom stereocenters. The van der Waals surface area contributed by atoms with Gasteiger partial charge in [0.1, 0.15) is 6.10 Å². The molecule has 19 heavy (non-hydrogen) atoms. The average Bonchev–Trinajstić information content (AvgIpc) is 2.57. The molecule has 102 valence electrons. The molecule has 1 aromatic rings. The van der Waals surface area contributed by atoms with Crippen LogP contribution in [0.25, 0.3) is 0 Å². The molecule has 0 spiro atoms. The van der Waals surface area contributed by atoms with E-state index in [9.17, 15) is 4.79 Å². The van der Waals surface area contributed by atoms with Gasteiger partial charge in [0, 0.05) is 5.02 Å². The zero-order valence-corrected chi connectivity index (χ0v) is 12.0. The summed E-state index contributed by atoms with van der Waals surface area (Å²) < 4.78 is 0. The second kappa shape index (κ2) is 5.35. The second-order valence-electron chi connectivity index (χ2n) is 5.27. The van der Waals surface area contributed by atoms with Crippen molar-refractivity contribution in [2.24, 2.45) is 5.41 Å². The molecule has 1 heterocycles. The van der Waals surface area contributed by atoms with Crippen molar-refractivity contribution in [3.8, 4) is 0 Å². The van der Waals surface area contributed by atoms with Gasteiger partial charge in [-0.25, -0.2) is 5.06 Å². The van der Waals surface area contributed by atoms with Gasteiger partial charge >= 0.3 is 0 Å². The summed E-state index contributed by atoms with van der Waals surface area (Å²) in [5.41, 5.74) is 0.350. The van der Waals surface area contributed by atoms with Crippen molar-refractivity contribution >= 4 is 17.5 Å². The molecule has 1 saturated heterocycles. The van der Waals surface area contributed by atoms with Gasteiger partial charge in [-0.15, -0.1) is 6.58 Å². The molecule has 0 saturated carbocycles. The Morgan fingerprint density at radius 2 is 2.16 bits per heavy atom. The molecule has 0 N–H and O–H groups in total. The molecular weight excluding hydrogens is 262 g/mol. The Bertz CT molecular complexity index is 499. The molecule has 1 aliphatic rings. The molecule has 1 atom stereocenters. The number of carbonyl (C=O) groups is 1. The molecule has 1 aromatic carbocycles. The number of hydrogen-bond donors (Lipinski definition) is 0. The van der Waals surface area contributed by atoms with Crippen LogP contribution in [0.15, 0.2) is 36.9 Å². The summed E-state index contributed by atoms with van der Waals surface area (Å²) in [4.78, 5) is 18.1. The standard InChI is InChI=1S/C15H18ClNO2/c1-4-7-13-15(2,3)14(18)17(19-13)10-11-8-5-6-9-12(11)16/h4-6,8-9,13H,1,7,10H2,2-3H3. The van der Waals surface area contributed by atoms with Gasteiger partial charge in [-0.2, -0.15) is 0 Å². The lowest BCUT2D eigenvalue weighted by Crippen LogP contribution is -2.32. The summed E-state index contributed by atoms with van der Waals surface area (Å²) in [6, 6.07) is 7.47. The summed E-state index contributed by atoms with van der Waals surface area (Å²) >= 11 is 6.11. The number of hydrogen-bond acceptors (Lipinski definition) is 2. The first-order valence-corrected chi connectivity index (χ1v) is 6.67. The summed E-state index contributed by atoms with van der Waals surface area (Å²) in [7, 11) is 0. The third kappa shape index (κ3) is 2.67. The predicted molar refractivity (Wildman–Crippen MR) is 75.5 cm³/mol. The van der Waals surface area contributed by atoms with Gasteiger partial charge in [-0.3, -0.25) is 9.63 Å². The number of benzene rings is 1. The molecule has 0 radical (unpaired) electrons. The van der Waals surface area contributed by atoms with E-state index >= 15 is 0 Å². The second-order valence-corrected chi connectivity index (χ2v) is 5.68. The van der Waals surface area contributed by atoms with E-state index in [-0.39, 0.29) is 12.0 Å². The Kier molecular flexibility index (Phi) is 3.97. The quantitative estimate of drug-likeness (QED) is 0.789. The highest BCUT2D eigenvalue weighted by molar-refractivity contribution is 6.31. The van der Waals surface area contributed by atoms with Crippen LogP contribution >= 0.6 is 11.6 Å². The van der Waals surface area contributed by atoms with E-state index in [1.807, 2.05) is 38.1 Å². The highest BCUT2D eigenvalue weighted by atomic mass is 35.5. The normalized spacial score (nSPS) is 21.7. The van der Waals surface area contributed by atoms with Gasteiger partial charge in [0.05, 0.1) is 12.0 Å². The molecular formula is C15H18ClNO2. The van der Waals surface area contributed by atoms with Crippen molar-refractivity contribution in [2.75, 3.05) is 0 Å². The summed E-state index contributed by atoms with van der Waals surface area (Å²) in [5.74, 6) is -0.0146. The molecule has 1 amide bonds. The fraction of sp³-hybridized carbons (Fsp3) is 0.400. The van der Waals surface area contributed by atoms with Crippen molar-refractivity contribution in [2.45, 2.75) is 32.9 Å². The monoisotopic (exact) mass is 279 g/mol. The lowest BCUT2D eigenvalue weighted by atomic mass is 9.85. The van der Waals surface area contributed by atoms with E-state index in [0.29, 0.717) is 18.0 Å². The number of amides is 1. The Labute approximate surface area is 118 Å². The highest BCUT2D eigenvalue weighted by Gasteiger charge is 2.48. The third-order valence-electron chi connectivity index (χ3n) is 3.49. The van der Waals surface area contributed by atoms with Crippen LogP contribution in [0.1, 0.15) is 25.8 Å². The van der Waals surface area contributed by atoms with Crippen LogP contribution in [0.5, 0.6) is 0 Å². The molecule has 1 fully saturated rings. The smallest absolute Gasteiger partial charge is 0.254 e. The first-order valence-electron chi connectivity index (χ1n) is 6.30. The fourth-order valence-electron chi connectivity index (χ4n) is 2.17. The number of halogens is 1. The largest absolute Gasteiger partial charge is 0.272 e. The number of hydroxylamine groups is 2. The van der Waals surface area contributed by atoms with Crippen molar-refractivity contribution in [3.05, 3.63) is 47.5 Å². The maximum atomic E-state index is 12.4. The van der Waals surface area contributed by atoms with Crippen LogP contribution in [-0.2, 0) is 16.2 Å². The van der Waals surface area contributed by atoms with Gasteiger partial charge in [0.25, 0.3) is 5.91 Å². The van der Waals surface area contributed by atoms with Crippen LogP contribution in [0.4, 0.5) is 0 Å². The minimum Gasteiger partial charge on any atom is -0.272 e. The molecule has 0 bridgehead atoms. The molecule has 0 aromatic heterocycles.